The summed E-state index contributed by atoms with van der Waals surface area (Å²) in [5, 5.41) is 5.77. The fourth-order valence-electron chi connectivity index (χ4n) is 4.35. The number of rotatable bonds is 14. The number of benzene rings is 3. The number of nitrogens with zero attached hydrogens (tertiary/aromatic N) is 1. The molecule has 8 heteroatoms. The van der Waals surface area contributed by atoms with E-state index < -0.39 is 18.0 Å². The van der Waals surface area contributed by atoms with E-state index in [9.17, 15) is 14.4 Å². The van der Waals surface area contributed by atoms with Crippen LogP contribution in [-0.2, 0) is 40.3 Å². The number of carbonyl (C=O) groups excluding carboxylic acids is 3. The lowest BCUT2D eigenvalue weighted by Gasteiger charge is -2.27. The van der Waals surface area contributed by atoms with Crippen molar-refractivity contribution in [3.05, 3.63) is 101 Å². The van der Waals surface area contributed by atoms with Gasteiger partial charge in [0, 0.05) is 39.4 Å². The van der Waals surface area contributed by atoms with E-state index in [2.05, 4.69) is 10.6 Å². The first kappa shape index (κ1) is 30.4. The summed E-state index contributed by atoms with van der Waals surface area (Å²) in [5.74, 6) is -0.137. The molecular formula is C32H40N4O4. The largest absolute Gasteiger partial charge is 0.494 e. The van der Waals surface area contributed by atoms with Crippen LogP contribution < -0.4 is 21.1 Å². The summed E-state index contributed by atoms with van der Waals surface area (Å²) in [6.45, 7) is 5.04. The Bertz CT molecular complexity index is 1230. The topological polar surface area (TPSA) is 114 Å². The molecule has 3 aromatic carbocycles. The van der Waals surface area contributed by atoms with Gasteiger partial charge in [0.25, 0.3) is 0 Å². The van der Waals surface area contributed by atoms with Crippen molar-refractivity contribution in [3.8, 4) is 5.75 Å². The number of amides is 3. The standard InChI is InChI=1S/C32H40N4O4/c1-4-30(37)34-28(19-24-15-17-27(18-16-24)40-5-2)31(38)35-29(20-23-9-7-6-8-10-23)32(39)36(3)22-26-13-11-25(21-33)12-14-26/h6-18,28-29H,4-5,19-22,33H2,1-3H3,(H,34,37)(H,35,38)/t28-,29+/m1/s1. The van der Waals surface area contributed by atoms with E-state index in [4.69, 9.17) is 10.5 Å². The molecule has 0 radical (unpaired) electrons. The van der Waals surface area contributed by atoms with Gasteiger partial charge < -0.3 is 26.0 Å². The predicted octanol–water partition coefficient (Wildman–Crippen LogP) is 3.37. The Kier molecular flexibility index (Phi) is 11.7. The second-order valence-corrected chi connectivity index (χ2v) is 9.72. The van der Waals surface area contributed by atoms with Crippen LogP contribution in [0, 0.1) is 0 Å². The van der Waals surface area contributed by atoms with Gasteiger partial charge in [0.05, 0.1) is 6.61 Å². The zero-order valence-electron chi connectivity index (χ0n) is 23.6. The smallest absolute Gasteiger partial charge is 0.245 e. The van der Waals surface area contributed by atoms with Crippen LogP contribution in [0.3, 0.4) is 0 Å². The molecule has 3 aromatic rings. The normalized spacial score (nSPS) is 12.2. The highest BCUT2D eigenvalue weighted by Gasteiger charge is 2.29. The lowest BCUT2D eigenvalue weighted by Crippen LogP contribution is -2.55. The summed E-state index contributed by atoms with van der Waals surface area (Å²) in [4.78, 5) is 41.2. The molecule has 0 fully saturated rings. The third kappa shape index (κ3) is 9.24. The Hall–Kier alpha value is -4.17. The van der Waals surface area contributed by atoms with E-state index in [0.717, 1.165) is 28.0 Å². The highest BCUT2D eigenvalue weighted by atomic mass is 16.5. The molecule has 0 aliphatic carbocycles. The summed E-state index contributed by atoms with van der Waals surface area (Å²) < 4.78 is 5.51. The Morgan fingerprint density at radius 1 is 0.775 bits per heavy atom. The summed E-state index contributed by atoms with van der Waals surface area (Å²) in [6.07, 6.45) is 0.837. The third-order valence-corrected chi connectivity index (χ3v) is 6.60. The minimum absolute atomic E-state index is 0.221. The van der Waals surface area contributed by atoms with Crippen LogP contribution in [0.2, 0.25) is 0 Å². The summed E-state index contributed by atoms with van der Waals surface area (Å²) in [5.41, 5.74) is 9.46. The number of ether oxygens (including phenoxy) is 1. The first-order valence-corrected chi connectivity index (χ1v) is 13.7. The maximum Gasteiger partial charge on any atom is 0.245 e. The molecule has 2 atom stereocenters. The van der Waals surface area contributed by atoms with Crippen molar-refractivity contribution >= 4 is 17.7 Å². The lowest BCUT2D eigenvalue weighted by molar-refractivity contribution is -0.136. The molecule has 0 saturated heterocycles. The number of hydrogen-bond donors (Lipinski definition) is 3. The van der Waals surface area contributed by atoms with Crippen LogP contribution in [0.4, 0.5) is 0 Å². The fourth-order valence-corrected chi connectivity index (χ4v) is 4.35. The van der Waals surface area contributed by atoms with Gasteiger partial charge in [0.15, 0.2) is 0 Å². The average Bonchev–Trinajstić information content (AvgIpc) is 2.98. The highest BCUT2D eigenvalue weighted by Crippen LogP contribution is 2.15. The number of nitrogens with one attached hydrogen (secondary N) is 2. The quantitative estimate of drug-likeness (QED) is 0.288. The monoisotopic (exact) mass is 544 g/mol. The van der Waals surface area contributed by atoms with E-state index in [-0.39, 0.29) is 24.7 Å². The molecule has 0 bridgehead atoms. The maximum absolute atomic E-state index is 13.7. The van der Waals surface area contributed by atoms with Crippen LogP contribution >= 0.6 is 0 Å². The summed E-state index contributed by atoms with van der Waals surface area (Å²) in [7, 11) is 1.72. The van der Waals surface area contributed by atoms with E-state index in [1.807, 2.05) is 85.8 Å². The molecule has 0 unspecified atom stereocenters. The minimum Gasteiger partial charge on any atom is -0.494 e. The highest BCUT2D eigenvalue weighted by molar-refractivity contribution is 5.92. The molecule has 4 N–H and O–H groups in total. The van der Waals surface area contributed by atoms with Crippen molar-refractivity contribution in [1.82, 2.24) is 15.5 Å². The average molecular weight is 545 g/mol. The fraction of sp³-hybridized carbons (Fsp3) is 0.344. The van der Waals surface area contributed by atoms with Crippen molar-refractivity contribution in [2.45, 2.75) is 58.3 Å². The first-order chi connectivity index (χ1) is 19.3. The van der Waals surface area contributed by atoms with Gasteiger partial charge in [-0.1, -0.05) is 73.7 Å². The zero-order valence-corrected chi connectivity index (χ0v) is 23.6. The summed E-state index contributed by atoms with van der Waals surface area (Å²) in [6, 6.07) is 23.1. The van der Waals surface area contributed by atoms with Crippen molar-refractivity contribution in [1.29, 1.82) is 0 Å². The SMILES string of the molecule is CCOc1ccc(C[C@@H](NC(=O)CC)C(=O)N[C@@H](Cc2ccccc2)C(=O)N(C)Cc2ccc(CN)cc2)cc1. The molecule has 0 aliphatic rings. The number of carbonyl (C=O) groups is 3. The second kappa shape index (κ2) is 15.4. The van der Waals surface area contributed by atoms with Crippen molar-refractivity contribution in [2.24, 2.45) is 5.73 Å². The number of likely N-dealkylation sites (N-methyl/N-ethyl adjacent to an activating group) is 1. The molecule has 0 saturated carbocycles. The van der Waals surface area contributed by atoms with E-state index in [0.29, 0.717) is 26.1 Å². The molecule has 212 valence electrons. The molecule has 3 amide bonds. The molecule has 0 aromatic heterocycles. The zero-order chi connectivity index (χ0) is 28.9. The van der Waals surface area contributed by atoms with Crippen molar-refractivity contribution in [2.75, 3.05) is 13.7 Å². The molecule has 8 nitrogen and oxygen atoms in total. The molecule has 0 aliphatic heterocycles. The van der Waals surface area contributed by atoms with Crippen LogP contribution in [0.15, 0.2) is 78.9 Å². The van der Waals surface area contributed by atoms with Gasteiger partial charge in [-0.15, -0.1) is 0 Å². The van der Waals surface area contributed by atoms with E-state index in [1.54, 1.807) is 18.9 Å². The maximum atomic E-state index is 13.7. The van der Waals surface area contributed by atoms with Crippen LogP contribution in [-0.4, -0.2) is 48.4 Å². The van der Waals surface area contributed by atoms with E-state index >= 15 is 0 Å². The number of nitrogens with two attached hydrogens (primary N) is 1. The van der Waals surface area contributed by atoms with Gasteiger partial charge in [-0.05, 0) is 41.3 Å². The number of hydrogen-bond acceptors (Lipinski definition) is 5. The lowest BCUT2D eigenvalue weighted by atomic mass is 10.0. The first-order valence-electron chi connectivity index (χ1n) is 13.7. The Morgan fingerprint density at radius 3 is 1.95 bits per heavy atom. The van der Waals surface area contributed by atoms with Crippen molar-refractivity contribution in [3.63, 3.8) is 0 Å². The molecular weight excluding hydrogens is 504 g/mol. The van der Waals surface area contributed by atoms with Gasteiger partial charge in [-0.3, -0.25) is 14.4 Å². The Labute approximate surface area is 236 Å². The third-order valence-electron chi connectivity index (χ3n) is 6.60. The Balaban J connectivity index is 1.79. The van der Waals surface area contributed by atoms with Crippen LogP contribution in [0.25, 0.3) is 0 Å². The van der Waals surface area contributed by atoms with Gasteiger partial charge in [-0.2, -0.15) is 0 Å². The summed E-state index contributed by atoms with van der Waals surface area (Å²) >= 11 is 0. The van der Waals surface area contributed by atoms with Gasteiger partial charge in [-0.25, -0.2) is 0 Å². The Morgan fingerprint density at radius 2 is 1.35 bits per heavy atom. The van der Waals surface area contributed by atoms with Crippen molar-refractivity contribution < 1.29 is 19.1 Å². The second-order valence-electron chi connectivity index (χ2n) is 9.72. The van der Waals surface area contributed by atoms with E-state index in [1.165, 1.54) is 0 Å². The molecule has 0 heterocycles. The molecule has 0 spiro atoms. The predicted molar refractivity (Wildman–Crippen MR) is 156 cm³/mol. The minimum atomic E-state index is -0.842. The van der Waals surface area contributed by atoms with Gasteiger partial charge in [0.1, 0.15) is 17.8 Å². The van der Waals surface area contributed by atoms with Crippen LogP contribution in [0.1, 0.15) is 42.5 Å². The van der Waals surface area contributed by atoms with Gasteiger partial charge in [0.2, 0.25) is 17.7 Å². The molecule has 3 rings (SSSR count). The van der Waals surface area contributed by atoms with Crippen LogP contribution in [0.5, 0.6) is 5.75 Å². The van der Waals surface area contributed by atoms with Gasteiger partial charge >= 0.3 is 0 Å². The molecule has 40 heavy (non-hydrogen) atoms.